The molecule has 118 valence electrons. The van der Waals surface area contributed by atoms with E-state index >= 15 is 0 Å². The smallest absolute Gasteiger partial charge is 0.294 e. The predicted octanol–water partition coefficient (Wildman–Crippen LogP) is 2.38. The molecule has 7 heteroatoms. The van der Waals surface area contributed by atoms with Crippen LogP contribution in [0, 0.1) is 0 Å². The van der Waals surface area contributed by atoms with Gasteiger partial charge in [-0.05, 0) is 37.7 Å². The second-order valence-corrected chi connectivity index (χ2v) is 6.55. The molecule has 0 aliphatic carbocycles. The summed E-state index contributed by atoms with van der Waals surface area (Å²) in [7, 11) is 0. The zero-order valence-electron chi connectivity index (χ0n) is 12.5. The normalized spacial score (nSPS) is 28.8. The monoisotopic (exact) mass is 322 g/mol. The van der Waals surface area contributed by atoms with E-state index in [1.54, 1.807) is 18.2 Å². The van der Waals surface area contributed by atoms with Crippen molar-refractivity contribution in [1.29, 1.82) is 0 Å². The molecule has 0 N–H and O–H groups in total. The molecule has 2 aliphatic heterocycles. The summed E-state index contributed by atoms with van der Waals surface area (Å²) in [5.74, 6) is 0.303. The summed E-state index contributed by atoms with van der Waals surface area (Å²) >= 11 is 0.951. The quantitative estimate of drug-likeness (QED) is 0.796. The van der Waals surface area contributed by atoms with Crippen molar-refractivity contribution in [1.82, 2.24) is 9.80 Å². The van der Waals surface area contributed by atoms with Crippen LogP contribution in [0.5, 0.6) is 0 Å². The molecule has 0 aromatic carbocycles. The highest BCUT2D eigenvalue weighted by molar-refractivity contribution is 8.18. The summed E-state index contributed by atoms with van der Waals surface area (Å²) in [5, 5.41) is -0.241. The molecule has 22 heavy (non-hydrogen) atoms. The van der Waals surface area contributed by atoms with Gasteiger partial charge in [-0.3, -0.25) is 19.4 Å². The Morgan fingerprint density at radius 3 is 2.68 bits per heavy atom. The van der Waals surface area contributed by atoms with E-state index in [4.69, 9.17) is 9.15 Å². The highest BCUT2D eigenvalue weighted by Crippen LogP contribution is 2.32. The first-order valence-electron chi connectivity index (χ1n) is 7.19. The first-order chi connectivity index (χ1) is 10.5. The molecule has 2 saturated heterocycles. The van der Waals surface area contributed by atoms with Crippen LogP contribution in [0.4, 0.5) is 4.79 Å². The highest BCUT2D eigenvalue weighted by Gasteiger charge is 2.37. The zero-order valence-corrected chi connectivity index (χ0v) is 13.3. The van der Waals surface area contributed by atoms with E-state index in [0.29, 0.717) is 30.4 Å². The van der Waals surface area contributed by atoms with Gasteiger partial charge in [0.15, 0.2) is 0 Å². The third kappa shape index (κ3) is 3.26. The van der Waals surface area contributed by atoms with E-state index in [-0.39, 0.29) is 23.4 Å². The molecule has 2 fully saturated rings. The van der Waals surface area contributed by atoms with E-state index in [1.165, 1.54) is 11.2 Å². The topological polar surface area (TPSA) is 63.0 Å². The minimum atomic E-state index is -0.266. The van der Waals surface area contributed by atoms with Crippen LogP contribution >= 0.6 is 11.8 Å². The minimum absolute atomic E-state index is 0.0994. The standard InChI is InChI=1S/C15H18N2O4S/c1-10-7-16(8-11(2)21-10)9-17-14(18)13(22-15(17)19)6-12-4-3-5-20-12/h3-6,10-11H,7-9H2,1-2H3/b13-6+/t10-,11-/m1/s1. The number of nitrogens with zero attached hydrogens (tertiary/aromatic N) is 2. The highest BCUT2D eigenvalue weighted by atomic mass is 32.2. The van der Waals surface area contributed by atoms with E-state index in [2.05, 4.69) is 4.90 Å². The van der Waals surface area contributed by atoms with Crippen molar-refractivity contribution in [3.63, 3.8) is 0 Å². The molecular weight excluding hydrogens is 304 g/mol. The second kappa shape index (κ2) is 6.28. The lowest BCUT2D eigenvalue weighted by molar-refractivity contribution is -0.127. The molecule has 2 atom stereocenters. The molecule has 0 radical (unpaired) electrons. The van der Waals surface area contributed by atoms with Gasteiger partial charge in [0.25, 0.3) is 11.1 Å². The van der Waals surface area contributed by atoms with Crippen LogP contribution in [-0.2, 0) is 9.53 Å². The maximum atomic E-state index is 12.4. The largest absolute Gasteiger partial charge is 0.465 e. The number of imide groups is 1. The van der Waals surface area contributed by atoms with Gasteiger partial charge in [0.1, 0.15) is 5.76 Å². The molecular formula is C15H18N2O4S. The van der Waals surface area contributed by atoms with Crippen LogP contribution in [0.15, 0.2) is 27.7 Å². The van der Waals surface area contributed by atoms with Crippen LogP contribution in [0.2, 0.25) is 0 Å². The van der Waals surface area contributed by atoms with Crippen molar-refractivity contribution in [3.8, 4) is 0 Å². The second-order valence-electron chi connectivity index (χ2n) is 5.56. The Hall–Kier alpha value is -1.57. The number of carbonyl (C=O) groups is 2. The molecule has 1 aromatic heterocycles. The van der Waals surface area contributed by atoms with Gasteiger partial charge in [-0.1, -0.05) is 0 Å². The van der Waals surface area contributed by atoms with Gasteiger partial charge in [-0.25, -0.2) is 0 Å². The lowest BCUT2D eigenvalue weighted by Gasteiger charge is -2.36. The average Bonchev–Trinajstić information content (AvgIpc) is 3.03. The number of rotatable bonds is 3. The fourth-order valence-electron chi connectivity index (χ4n) is 2.72. The zero-order chi connectivity index (χ0) is 15.7. The molecule has 1 aromatic rings. The van der Waals surface area contributed by atoms with Crippen molar-refractivity contribution in [2.24, 2.45) is 0 Å². The van der Waals surface area contributed by atoms with Crippen molar-refractivity contribution in [3.05, 3.63) is 29.1 Å². The molecule has 0 saturated carbocycles. The Morgan fingerprint density at radius 2 is 2.05 bits per heavy atom. The molecule has 6 nitrogen and oxygen atoms in total. The molecule has 0 bridgehead atoms. The van der Waals surface area contributed by atoms with Gasteiger partial charge in [0.2, 0.25) is 0 Å². The van der Waals surface area contributed by atoms with Crippen LogP contribution in [-0.4, -0.2) is 52.9 Å². The van der Waals surface area contributed by atoms with Gasteiger partial charge < -0.3 is 9.15 Å². The van der Waals surface area contributed by atoms with Crippen molar-refractivity contribution < 1.29 is 18.7 Å². The Kier molecular flexibility index (Phi) is 4.37. The van der Waals surface area contributed by atoms with E-state index in [9.17, 15) is 9.59 Å². The summed E-state index contributed by atoms with van der Waals surface area (Å²) in [6, 6.07) is 3.49. The maximum absolute atomic E-state index is 12.4. The van der Waals surface area contributed by atoms with Gasteiger partial charge >= 0.3 is 0 Å². The Bertz CT molecular complexity index is 589. The SMILES string of the molecule is C[C@@H]1CN(CN2C(=O)S/C(=C/c3ccco3)C2=O)C[C@@H](C)O1. The summed E-state index contributed by atoms with van der Waals surface area (Å²) < 4.78 is 10.9. The number of carbonyl (C=O) groups excluding carboxylic acids is 2. The number of hydrogen-bond donors (Lipinski definition) is 0. The number of morpholine rings is 1. The summed E-state index contributed by atoms with van der Waals surface area (Å²) in [6.07, 6.45) is 3.34. The first-order valence-corrected chi connectivity index (χ1v) is 8.01. The molecule has 0 spiro atoms. The van der Waals surface area contributed by atoms with Gasteiger partial charge in [0.05, 0.1) is 30.0 Å². The minimum Gasteiger partial charge on any atom is -0.465 e. The molecule has 0 unspecified atom stereocenters. The Balaban J connectivity index is 1.69. The fraction of sp³-hybridized carbons (Fsp3) is 0.467. The van der Waals surface area contributed by atoms with Crippen LogP contribution in [0.1, 0.15) is 19.6 Å². The van der Waals surface area contributed by atoms with E-state index in [0.717, 1.165) is 11.8 Å². The van der Waals surface area contributed by atoms with Crippen LogP contribution < -0.4 is 0 Å². The predicted molar refractivity (Wildman–Crippen MR) is 83.0 cm³/mol. The van der Waals surface area contributed by atoms with Gasteiger partial charge in [-0.2, -0.15) is 0 Å². The Labute approximate surface area is 133 Å². The third-order valence-electron chi connectivity index (χ3n) is 3.53. The Morgan fingerprint density at radius 1 is 1.32 bits per heavy atom. The third-order valence-corrected chi connectivity index (χ3v) is 4.43. The summed E-state index contributed by atoms with van der Waals surface area (Å²) in [6.45, 7) is 5.71. The molecule has 3 heterocycles. The lowest BCUT2D eigenvalue weighted by Crippen LogP contribution is -2.50. The lowest BCUT2D eigenvalue weighted by atomic mass is 10.2. The van der Waals surface area contributed by atoms with Crippen molar-refractivity contribution in [2.45, 2.75) is 26.1 Å². The number of amides is 2. The van der Waals surface area contributed by atoms with E-state index in [1.807, 2.05) is 13.8 Å². The first kappa shape index (κ1) is 15.3. The number of hydrogen-bond acceptors (Lipinski definition) is 6. The number of thioether (sulfide) groups is 1. The number of ether oxygens (including phenoxy) is 1. The molecule has 3 rings (SSSR count). The van der Waals surface area contributed by atoms with Crippen LogP contribution in [0.25, 0.3) is 6.08 Å². The molecule has 2 amide bonds. The van der Waals surface area contributed by atoms with Crippen molar-refractivity contribution in [2.75, 3.05) is 19.8 Å². The maximum Gasteiger partial charge on any atom is 0.294 e. The summed E-state index contributed by atoms with van der Waals surface area (Å²) in [5.41, 5.74) is 0. The van der Waals surface area contributed by atoms with Gasteiger partial charge in [-0.15, -0.1) is 0 Å². The van der Waals surface area contributed by atoms with E-state index < -0.39 is 0 Å². The average molecular weight is 322 g/mol. The van der Waals surface area contributed by atoms with Crippen molar-refractivity contribution >= 4 is 29.0 Å². The summed E-state index contributed by atoms with van der Waals surface area (Å²) in [4.78, 5) is 28.2. The number of furan rings is 1. The molecule has 2 aliphatic rings. The fourth-order valence-corrected chi connectivity index (χ4v) is 3.54. The van der Waals surface area contributed by atoms with Crippen LogP contribution in [0.3, 0.4) is 0 Å². The van der Waals surface area contributed by atoms with Gasteiger partial charge in [0, 0.05) is 19.2 Å².